The molecule has 0 aromatic heterocycles. The Bertz CT molecular complexity index is 279. The van der Waals surface area contributed by atoms with Gasteiger partial charge in [0.2, 0.25) is 10.0 Å². The van der Waals surface area contributed by atoms with Crippen molar-refractivity contribution in [3.63, 3.8) is 0 Å². The SMILES string of the molecule is O=S(=O)(CCCCl)NCCCCC(F)(F)F. The van der Waals surface area contributed by atoms with Gasteiger partial charge < -0.3 is 0 Å². The van der Waals surface area contributed by atoms with Gasteiger partial charge in [-0.25, -0.2) is 13.1 Å². The summed E-state index contributed by atoms with van der Waals surface area (Å²) < 4.78 is 59.7. The summed E-state index contributed by atoms with van der Waals surface area (Å²) in [5.74, 6) is 0.157. The van der Waals surface area contributed by atoms with Gasteiger partial charge >= 0.3 is 6.18 Å². The largest absolute Gasteiger partial charge is 0.389 e. The van der Waals surface area contributed by atoms with Crippen molar-refractivity contribution < 1.29 is 21.6 Å². The minimum Gasteiger partial charge on any atom is -0.215 e. The molecule has 0 aromatic carbocycles. The van der Waals surface area contributed by atoms with E-state index in [-0.39, 0.29) is 31.0 Å². The van der Waals surface area contributed by atoms with Gasteiger partial charge in [-0.1, -0.05) is 0 Å². The van der Waals surface area contributed by atoms with Crippen molar-refractivity contribution in [2.24, 2.45) is 0 Å². The molecule has 8 heteroatoms. The second kappa shape index (κ2) is 7.34. The molecule has 0 amide bonds. The molecule has 0 aromatic rings. The molecule has 0 rings (SSSR count). The molecule has 0 fully saturated rings. The van der Waals surface area contributed by atoms with Crippen molar-refractivity contribution in [3.8, 4) is 0 Å². The number of unbranched alkanes of at least 4 members (excludes halogenated alkanes) is 1. The minimum atomic E-state index is -4.17. The number of sulfonamides is 1. The molecule has 0 saturated carbocycles. The van der Waals surface area contributed by atoms with Crippen LogP contribution in [0.15, 0.2) is 0 Å². The Morgan fingerprint density at radius 2 is 1.75 bits per heavy atom. The maximum atomic E-state index is 11.7. The van der Waals surface area contributed by atoms with Gasteiger partial charge in [-0.3, -0.25) is 0 Å². The zero-order chi connectivity index (χ0) is 12.7. The van der Waals surface area contributed by atoms with Crippen molar-refractivity contribution in [2.45, 2.75) is 31.9 Å². The van der Waals surface area contributed by atoms with E-state index in [9.17, 15) is 21.6 Å². The Balaban J connectivity index is 3.58. The summed E-state index contributed by atoms with van der Waals surface area (Å²) in [6, 6.07) is 0. The first-order chi connectivity index (χ1) is 7.27. The fraction of sp³-hybridized carbons (Fsp3) is 1.00. The molecule has 0 atom stereocenters. The highest BCUT2D eigenvalue weighted by Crippen LogP contribution is 2.21. The van der Waals surface area contributed by atoms with E-state index in [1.54, 1.807) is 0 Å². The lowest BCUT2D eigenvalue weighted by Gasteiger charge is -2.07. The zero-order valence-corrected chi connectivity index (χ0v) is 10.3. The normalized spacial score (nSPS) is 13.0. The minimum absolute atomic E-state index is 0.0424. The Morgan fingerprint density at radius 3 is 2.25 bits per heavy atom. The maximum absolute atomic E-state index is 11.7. The number of hydrogen-bond donors (Lipinski definition) is 1. The number of alkyl halides is 4. The van der Waals surface area contributed by atoms with Crippen LogP contribution in [0.4, 0.5) is 13.2 Å². The van der Waals surface area contributed by atoms with Crippen molar-refractivity contribution in [1.82, 2.24) is 4.72 Å². The first-order valence-electron chi connectivity index (χ1n) is 4.87. The number of hydrogen-bond acceptors (Lipinski definition) is 2. The topological polar surface area (TPSA) is 46.2 Å². The van der Waals surface area contributed by atoms with Crippen LogP contribution in [0.1, 0.15) is 25.7 Å². The summed E-state index contributed by atoms with van der Waals surface area (Å²) >= 11 is 5.32. The van der Waals surface area contributed by atoms with Crippen molar-refractivity contribution in [3.05, 3.63) is 0 Å². The summed E-state index contributed by atoms with van der Waals surface area (Å²) in [5, 5.41) is 0. The summed E-state index contributed by atoms with van der Waals surface area (Å²) in [6.07, 6.45) is -4.60. The van der Waals surface area contributed by atoms with Crippen LogP contribution in [0.25, 0.3) is 0 Å². The molecule has 0 saturated heterocycles. The first kappa shape index (κ1) is 16.0. The molecule has 98 valence electrons. The van der Waals surface area contributed by atoms with Gasteiger partial charge in [0, 0.05) is 18.8 Å². The molecule has 16 heavy (non-hydrogen) atoms. The Hall–Kier alpha value is -0.0100. The second-order valence-electron chi connectivity index (χ2n) is 3.33. The summed E-state index contributed by atoms with van der Waals surface area (Å²) in [7, 11) is -3.38. The standard InChI is InChI=1S/C8H15ClF3NO2S/c9-5-3-7-16(14,15)13-6-2-1-4-8(10,11)12/h13H,1-7H2. The molecular formula is C8H15ClF3NO2S. The molecule has 0 aliphatic rings. The van der Waals surface area contributed by atoms with Gasteiger partial charge in [-0.2, -0.15) is 13.2 Å². The number of nitrogens with one attached hydrogen (secondary N) is 1. The van der Waals surface area contributed by atoms with Crippen molar-refractivity contribution in [1.29, 1.82) is 0 Å². The van der Waals surface area contributed by atoms with Crippen LogP contribution in [-0.4, -0.2) is 32.8 Å². The molecular weight excluding hydrogens is 267 g/mol. The van der Waals surface area contributed by atoms with Crippen LogP contribution >= 0.6 is 11.6 Å². The average Bonchev–Trinajstić information content (AvgIpc) is 2.12. The van der Waals surface area contributed by atoms with Gasteiger partial charge in [0.25, 0.3) is 0 Å². The van der Waals surface area contributed by atoms with Crippen LogP contribution in [0, 0.1) is 0 Å². The fourth-order valence-corrected chi connectivity index (χ4v) is 2.41. The highest BCUT2D eigenvalue weighted by Gasteiger charge is 2.25. The van der Waals surface area contributed by atoms with Gasteiger partial charge in [0.15, 0.2) is 0 Å². The predicted octanol–water partition coefficient (Wildman–Crippen LogP) is 2.27. The Kier molecular flexibility index (Phi) is 7.34. The molecule has 0 spiro atoms. The smallest absolute Gasteiger partial charge is 0.215 e. The lowest BCUT2D eigenvalue weighted by Crippen LogP contribution is -2.27. The van der Waals surface area contributed by atoms with E-state index in [1.807, 2.05) is 0 Å². The van der Waals surface area contributed by atoms with Crippen LogP contribution in [0.5, 0.6) is 0 Å². The quantitative estimate of drug-likeness (QED) is 0.548. The van der Waals surface area contributed by atoms with E-state index in [2.05, 4.69) is 4.72 Å². The summed E-state index contributed by atoms with van der Waals surface area (Å²) in [4.78, 5) is 0. The Labute approximate surface area is 98.4 Å². The average molecular weight is 282 g/mol. The lowest BCUT2D eigenvalue weighted by atomic mass is 10.2. The highest BCUT2D eigenvalue weighted by molar-refractivity contribution is 7.89. The van der Waals surface area contributed by atoms with E-state index in [1.165, 1.54) is 0 Å². The molecule has 0 aliphatic carbocycles. The molecule has 1 N–H and O–H groups in total. The van der Waals surface area contributed by atoms with Crippen LogP contribution in [-0.2, 0) is 10.0 Å². The fourth-order valence-electron chi connectivity index (χ4n) is 0.995. The molecule has 0 aliphatic heterocycles. The van der Waals surface area contributed by atoms with Crippen LogP contribution < -0.4 is 4.72 Å². The van der Waals surface area contributed by atoms with E-state index >= 15 is 0 Å². The third kappa shape index (κ3) is 10.5. The predicted molar refractivity (Wildman–Crippen MR) is 57.0 cm³/mol. The van der Waals surface area contributed by atoms with Crippen molar-refractivity contribution in [2.75, 3.05) is 18.2 Å². The van der Waals surface area contributed by atoms with E-state index in [0.717, 1.165) is 0 Å². The van der Waals surface area contributed by atoms with Gasteiger partial charge in [-0.05, 0) is 19.3 Å². The molecule has 3 nitrogen and oxygen atoms in total. The number of rotatable bonds is 8. The lowest BCUT2D eigenvalue weighted by molar-refractivity contribution is -0.135. The van der Waals surface area contributed by atoms with Crippen LogP contribution in [0.2, 0.25) is 0 Å². The zero-order valence-electron chi connectivity index (χ0n) is 8.69. The monoisotopic (exact) mass is 281 g/mol. The third-order valence-electron chi connectivity index (χ3n) is 1.76. The molecule has 0 bridgehead atoms. The molecule has 0 radical (unpaired) electrons. The Morgan fingerprint density at radius 1 is 1.12 bits per heavy atom. The molecule has 0 heterocycles. The van der Waals surface area contributed by atoms with Gasteiger partial charge in [0.1, 0.15) is 0 Å². The van der Waals surface area contributed by atoms with Crippen LogP contribution in [0.3, 0.4) is 0 Å². The third-order valence-corrected chi connectivity index (χ3v) is 3.49. The van der Waals surface area contributed by atoms with E-state index < -0.39 is 22.6 Å². The van der Waals surface area contributed by atoms with Crippen molar-refractivity contribution >= 4 is 21.6 Å². The van der Waals surface area contributed by atoms with E-state index in [4.69, 9.17) is 11.6 Å². The first-order valence-corrected chi connectivity index (χ1v) is 7.05. The van der Waals surface area contributed by atoms with Gasteiger partial charge in [-0.15, -0.1) is 11.6 Å². The maximum Gasteiger partial charge on any atom is 0.389 e. The summed E-state index contributed by atoms with van der Waals surface area (Å²) in [6.45, 7) is 0.0424. The highest BCUT2D eigenvalue weighted by atomic mass is 35.5. The van der Waals surface area contributed by atoms with E-state index in [0.29, 0.717) is 6.42 Å². The second-order valence-corrected chi connectivity index (χ2v) is 5.63. The summed E-state index contributed by atoms with van der Waals surface area (Å²) in [5.41, 5.74) is 0. The number of halogens is 4. The molecule has 0 unspecified atom stereocenters. The van der Waals surface area contributed by atoms with Gasteiger partial charge in [0.05, 0.1) is 5.75 Å².